The van der Waals surface area contributed by atoms with E-state index in [4.69, 9.17) is 19.6 Å². The third-order valence-corrected chi connectivity index (χ3v) is 8.35. The molecule has 3 aliphatic rings. The number of rotatable bonds is 6. The summed E-state index contributed by atoms with van der Waals surface area (Å²) in [5.74, 6) is 1.08. The van der Waals surface area contributed by atoms with Crippen LogP contribution in [-0.4, -0.2) is 34.4 Å². The maximum atomic E-state index is 13.1. The predicted octanol–water partition coefficient (Wildman–Crippen LogP) is 3.90. The molecule has 2 aliphatic heterocycles. The van der Waals surface area contributed by atoms with Crippen molar-refractivity contribution < 1.29 is 23.5 Å². The molecule has 13 heteroatoms. The maximum absolute atomic E-state index is 13.1. The van der Waals surface area contributed by atoms with Gasteiger partial charge in [-0.1, -0.05) is 23.1 Å². The van der Waals surface area contributed by atoms with Gasteiger partial charge < -0.3 is 24.9 Å². The van der Waals surface area contributed by atoms with Crippen molar-refractivity contribution in [2.24, 2.45) is 5.73 Å². The van der Waals surface area contributed by atoms with Gasteiger partial charge in [-0.3, -0.25) is 14.5 Å². The molecule has 3 aromatic rings. The minimum absolute atomic E-state index is 0.0443. The summed E-state index contributed by atoms with van der Waals surface area (Å²) in [5, 5.41) is 21.8. The Balaban J connectivity index is 1.22. The quantitative estimate of drug-likeness (QED) is 0.431. The van der Waals surface area contributed by atoms with Crippen molar-refractivity contribution in [2.45, 2.75) is 29.5 Å². The smallest absolute Gasteiger partial charge is 0.234 e. The van der Waals surface area contributed by atoms with Crippen LogP contribution in [0.5, 0.6) is 11.5 Å². The predicted molar refractivity (Wildman–Crippen MR) is 138 cm³/mol. The first-order chi connectivity index (χ1) is 18.5. The molecular formula is C25H20N6O5S2. The highest BCUT2D eigenvalue weighted by molar-refractivity contribution is 8.01. The van der Waals surface area contributed by atoms with E-state index >= 15 is 0 Å². The first-order valence-electron chi connectivity index (χ1n) is 11.7. The number of benzene rings is 1. The average Bonchev–Trinajstić information content (AvgIpc) is 3.69. The molecule has 0 bridgehead atoms. The second kappa shape index (κ2) is 9.88. The number of nitrogens with one attached hydrogen (secondary N) is 1. The zero-order chi connectivity index (χ0) is 26.2. The Bertz CT molecular complexity index is 1540. The monoisotopic (exact) mass is 548 g/mol. The summed E-state index contributed by atoms with van der Waals surface area (Å²) in [7, 11) is 0. The van der Waals surface area contributed by atoms with Gasteiger partial charge in [-0.25, -0.2) is 0 Å². The number of nitrogens with zero attached hydrogens (tertiary/aromatic N) is 4. The highest BCUT2D eigenvalue weighted by atomic mass is 32.2. The fourth-order valence-corrected chi connectivity index (χ4v) is 6.38. The lowest BCUT2D eigenvalue weighted by Crippen LogP contribution is -2.38. The Morgan fingerprint density at radius 2 is 2.13 bits per heavy atom. The minimum Gasteiger partial charge on any atom is -0.468 e. The van der Waals surface area contributed by atoms with E-state index in [1.165, 1.54) is 29.4 Å². The molecular weight excluding hydrogens is 528 g/mol. The molecule has 6 rings (SSSR count). The molecule has 4 heterocycles. The molecule has 0 radical (unpaired) electrons. The lowest BCUT2D eigenvalue weighted by Gasteiger charge is -2.37. The fourth-order valence-electron chi connectivity index (χ4n) is 4.69. The molecule has 38 heavy (non-hydrogen) atoms. The van der Waals surface area contributed by atoms with Crippen LogP contribution in [0.2, 0.25) is 0 Å². The lowest BCUT2D eigenvalue weighted by molar-refractivity contribution is -0.116. The van der Waals surface area contributed by atoms with E-state index < -0.39 is 5.92 Å². The number of nitriles is 1. The van der Waals surface area contributed by atoms with E-state index in [9.17, 15) is 14.9 Å². The van der Waals surface area contributed by atoms with Gasteiger partial charge >= 0.3 is 0 Å². The third kappa shape index (κ3) is 4.27. The van der Waals surface area contributed by atoms with Crippen LogP contribution >= 0.6 is 23.1 Å². The summed E-state index contributed by atoms with van der Waals surface area (Å²) >= 11 is 2.46. The van der Waals surface area contributed by atoms with E-state index in [0.717, 1.165) is 0 Å². The standard InChI is InChI=1S/C25H20N6O5S2/c26-10-14-21(18-5-2-8-34-18)22-15(3-1-4-16(22)32)31(23(14)27)24-29-30-25(38-24)37-11-20(33)28-13-6-7-17-19(9-13)36-12-35-17/h2,5-9,21H,1,3-4,11-12,27H2,(H,28,33). The Hall–Kier alpha value is -4.28. The topological polar surface area (TPSA) is 157 Å². The second-order valence-corrected chi connectivity index (χ2v) is 10.8. The summed E-state index contributed by atoms with van der Waals surface area (Å²) in [6.07, 6.45) is 3.15. The normalized spacial score (nSPS) is 18.4. The van der Waals surface area contributed by atoms with Crippen molar-refractivity contribution in [1.29, 1.82) is 5.26 Å². The Morgan fingerprint density at radius 3 is 2.95 bits per heavy atom. The highest BCUT2D eigenvalue weighted by Crippen LogP contribution is 2.47. The molecule has 3 N–H and O–H groups in total. The Morgan fingerprint density at radius 1 is 1.26 bits per heavy atom. The number of allylic oxidation sites excluding steroid dienone is 3. The van der Waals surface area contributed by atoms with Gasteiger partial charge in [0.05, 0.1) is 29.6 Å². The molecule has 0 saturated heterocycles. The Labute approximate surface area is 224 Å². The molecule has 0 saturated carbocycles. The number of nitrogens with two attached hydrogens (primary N) is 1. The number of fused-ring (bicyclic) bond motifs is 1. The van der Waals surface area contributed by atoms with Crippen LogP contribution < -0.4 is 25.4 Å². The van der Waals surface area contributed by atoms with Crippen LogP contribution in [0.25, 0.3) is 0 Å². The molecule has 1 atom stereocenters. The van der Waals surface area contributed by atoms with Crippen LogP contribution in [-0.2, 0) is 9.59 Å². The molecule has 1 amide bonds. The number of hydrogen-bond donors (Lipinski definition) is 2. The van der Waals surface area contributed by atoms with Crippen LogP contribution in [0.3, 0.4) is 0 Å². The largest absolute Gasteiger partial charge is 0.468 e. The SMILES string of the molecule is N#CC1=C(N)N(c2nnc(SCC(=O)Nc3ccc4c(c3)OCO4)s2)C2=C(C(=O)CCC2)C1c1ccco1. The molecule has 192 valence electrons. The number of furan rings is 1. The van der Waals surface area contributed by atoms with E-state index in [1.807, 2.05) is 0 Å². The number of Topliss-reactive ketones (excluding diaryl/α,β-unsaturated/α-hetero) is 1. The molecule has 1 unspecified atom stereocenters. The molecule has 2 aromatic heterocycles. The van der Waals surface area contributed by atoms with Gasteiger partial charge in [-0.05, 0) is 37.1 Å². The number of hydrogen-bond acceptors (Lipinski definition) is 12. The van der Waals surface area contributed by atoms with Crippen LogP contribution in [0.4, 0.5) is 10.8 Å². The van der Waals surface area contributed by atoms with E-state index in [1.54, 1.807) is 35.2 Å². The maximum Gasteiger partial charge on any atom is 0.234 e. The van der Waals surface area contributed by atoms with Gasteiger partial charge in [-0.2, -0.15) is 5.26 Å². The number of thioether (sulfide) groups is 1. The van der Waals surface area contributed by atoms with E-state index in [-0.39, 0.29) is 35.6 Å². The van der Waals surface area contributed by atoms with Gasteiger partial charge in [0.25, 0.3) is 0 Å². The minimum atomic E-state index is -0.657. The fraction of sp³-hybridized carbons (Fsp3) is 0.240. The number of ketones is 1. The summed E-state index contributed by atoms with van der Waals surface area (Å²) in [6.45, 7) is 0.157. The van der Waals surface area contributed by atoms with Gasteiger partial charge in [0, 0.05) is 29.4 Å². The molecule has 0 fully saturated rings. The summed E-state index contributed by atoms with van der Waals surface area (Å²) in [6, 6.07) is 10.8. The number of carbonyl (C=O) groups is 2. The first kappa shape index (κ1) is 24.1. The zero-order valence-electron chi connectivity index (χ0n) is 19.8. The van der Waals surface area contributed by atoms with Gasteiger partial charge in [0.1, 0.15) is 11.6 Å². The summed E-state index contributed by atoms with van der Waals surface area (Å²) < 4.78 is 16.8. The average molecular weight is 549 g/mol. The van der Waals surface area contributed by atoms with Crippen LogP contribution in [0.1, 0.15) is 30.9 Å². The van der Waals surface area contributed by atoms with E-state index in [0.29, 0.717) is 63.0 Å². The van der Waals surface area contributed by atoms with Gasteiger partial charge in [0.2, 0.25) is 17.8 Å². The van der Waals surface area contributed by atoms with Crippen molar-refractivity contribution in [3.05, 3.63) is 65.0 Å². The van der Waals surface area contributed by atoms with Crippen molar-refractivity contribution in [1.82, 2.24) is 10.2 Å². The van der Waals surface area contributed by atoms with E-state index in [2.05, 4.69) is 21.6 Å². The number of anilines is 2. The van der Waals surface area contributed by atoms with Crippen molar-refractivity contribution in [2.75, 3.05) is 22.8 Å². The van der Waals surface area contributed by atoms with Crippen LogP contribution in [0, 0.1) is 11.3 Å². The van der Waals surface area contributed by atoms with Crippen LogP contribution in [0.15, 0.2) is 68.0 Å². The van der Waals surface area contributed by atoms with Gasteiger partial charge in [-0.15, -0.1) is 10.2 Å². The number of ether oxygens (including phenoxy) is 2. The third-order valence-electron chi connectivity index (χ3n) is 6.31. The second-order valence-electron chi connectivity index (χ2n) is 8.59. The first-order valence-corrected chi connectivity index (χ1v) is 13.5. The molecule has 1 aromatic carbocycles. The molecule has 0 spiro atoms. The number of amides is 1. The summed E-state index contributed by atoms with van der Waals surface area (Å²) in [4.78, 5) is 27.3. The summed E-state index contributed by atoms with van der Waals surface area (Å²) in [5.41, 5.74) is 8.54. The van der Waals surface area contributed by atoms with Crippen molar-refractivity contribution >= 4 is 45.6 Å². The molecule has 11 nitrogen and oxygen atoms in total. The number of aromatic nitrogens is 2. The zero-order valence-corrected chi connectivity index (χ0v) is 21.4. The van der Waals surface area contributed by atoms with Crippen molar-refractivity contribution in [3.8, 4) is 17.6 Å². The van der Waals surface area contributed by atoms with Gasteiger partial charge in [0.15, 0.2) is 21.6 Å². The lowest BCUT2D eigenvalue weighted by atomic mass is 9.78. The molecule has 1 aliphatic carbocycles. The Kier molecular flexibility index (Phi) is 6.26. The number of carbonyl (C=O) groups excluding carboxylic acids is 2. The van der Waals surface area contributed by atoms with Crippen molar-refractivity contribution in [3.63, 3.8) is 0 Å². The highest BCUT2D eigenvalue weighted by Gasteiger charge is 2.42.